The van der Waals surface area contributed by atoms with Gasteiger partial charge < -0.3 is 19.8 Å². The number of aliphatic hydroxyl groups is 1. The highest BCUT2D eigenvalue weighted by atomic mass is 16.5. The van der Waals surface area contributed by atoms with E-state index in [2.05, 4.69) is 0 Å². The minimum atomic E-state index is -1.12. The molecule has 5 nitrogen and oxygen atoms in total. The Kier molecular flexibility index (Phi) is 3.54. The third kappa shape index (κ3) is 2.19. The number of piperidine rings is 1. The van der Waals surface area contributed by atoms with Crippen LogP contribution in [0.15, 0.2) is 30.3 Å². The van der Waals surface area contributed by atoms with Crippen molar-refractivity contribution in [2.24, 2.45) is 0 Å². The predicted octanol–water partition coefficient (Wildman–Crippen LogP) is 1.27. The maximum atomic E-state index is 11.0. The maximum absolute atomic E-state index is 11.0. The number of likely N-dealkylation sites (tertiary alicyclic amines) is 1. The second kappa shape index (κ2) is 4.96. The number of methoxy groups -OCH3 is 1. The molecule has 1 fully saturated rings. The van der Waals surface area contributed by atoms with E-state index in [1.165, 1.54) is 12.0 Å². The lowest BCUT2D eigenvalue weighted by Crippen LogP contribution is -2.55. The summed E-state index contributed by atoms with van der Waals surface area (Å²) < 4.78 is 5.29. The highest BCUT2D eigenvalue weighted by Gasteiger charge is 2.44. The molecule has 0 saturated carbocycles. The van der Waals surface area contributed by atoms with E-state index in [9.17, 15) is 9.90 Å². The lowest BCUT2D eigenvalue weighted by molar-refractivity contribution is -0.134. The molecule has 0 aromatic heterocycles. The van der Waals surface area contributed by atoms with Crippen molar-refractivity contribution in [1.82, 2.24) is 4.90 Å². The van der Waals surface area contributed by atoms with Crippen molar-refractivity contribution in [3.8, 4) is 0 Å². The van der Waals surface area contributed by atoms with Crippen molar-refractivity contribution >= 4 is 6.09 Å². The van der Waals surface area contributed by atoms with Crippen LogP contribution in [-0.4, -0.2) is 47.5 Å². The van der Waals surface area contributed by atoms with Crippen LogP contribution in [0.2, 0.25) is 0 Å². The van der Waals surface area contributed by atoms with Crippen molar-refractivity contribution in [3.63, 3.8) is 0 Å². The summed E-state index contributed by atoms with van der Waals surface area (Å²) in [6, 6.07) is 9.25. The molecule has 0 bridgehead atoms. The molecule has 1 heterocycles. The molecule has 0 unspecified atom stereocenters. The van der Waals surface area contributed by atoms with Crippen LogP contribution in [0.5, 0.6) is 0 Å². The fourth-order valence-corrected chi connectivity index (χ4v) is 2.41. The van der Waals surface area contributed by atoms with Crippen molar-refractivity contribution in [1.29, 1.82) is 0 Å². The second-order valence-electron chi connectivity index (χ2n) is 4.49. The number of rotatable bonds is 2. The highest BCUT2D eigenvalue weighted by Crippen LogP contribution is 2.34. The van der Waals surface area contributed by atoms with Gasteiger partial charge in [-0.1, -0.05) is 30.3 Å². The zero-order valence-corrected chi connectivity index (χ0v) is 10.2. The van der Waals surface area contributed by atoms with Gasteiger partial charge in [-0.15, -0.1) is 0 Å². The van der Waals surface area contributed by atoms with Crippen LogP contribution < -0.4 is 0 Å². The molecule has 1 aromatic rings. The first kappa shape index (κ1) is 12.9. The van der Waals surface area contributed by atoms with Gasteiger partial charge in [0.25, 0.3) is 0 Å². The van der Waals surface area contributed by atoms with Crippen LogP contribution in [0, 0.1) is 0 Å². The summed E-state index contributed by atoms with van der Waals surface area (Å²) in [4.78, 5) is 12.2. The number of ether oxygens (including phenoxy) is 1. The number of carboxylic acid groups (broad SMARTS) is 1. The molecule has 0 radical (unpaired) electrons. The van der Waals surface area contributed by atoms with Gasteiger partial charge in [0, 0.05) is 20.1 Å². The van der Waals surface area contributed by atoms with E-state index in [0.717, 1.165) is 5.56 Å². The Morgan fingerprint density at radius 2 is 2.11 bits per heavy atom. The summed E-state index contributed by atoms with van der Waals surface area (Å²) in [5.41, 5.74) is -0.357. The smallest absolute Gasteiger partial charge is 0.407 e. The SMILES string of the molecule is CO[C@@H]1CN(C(=O)O)CC[C@@]1(O)c1ccccc1. The Balaban J connectivity index is 2.25. The fourth-order valence-electron chi connectivity index (χ4n) is 2.41. The summed E-state index contributed by atoms with van der Waals surface area (Å²) in [5, 5.41) is 19.7. The molecular weight excluding hydrogens is 234 g/mol. The van der Waals surface area contributed by atoms with Crippen LogP contribution in [0.25, 0.3) is 0 Å². The number of amides is 1. The maximum Gasteiger partial charge on any atom is 0.407 e. The molecule has 18 heavy (non-hydrogen) atoms. The van der Waals surface area contributed by atoms with Crippen LogP contribution in [0.1, 0.15) is 12.0 Å². The lowest BCUT2D eigenvalue weighted by Gasteiger charge is -2.43. The number of carbonyl (C=O) groups is 1. The molecule has 0 aliphatic carbocycles. The fraction of sp³-hybridized carbons (Fsp3) is 0.462. The van der Waals surface area contributed by atoms with Gasteiger partial charge in [-0.3, -0.25) is 0 Å². The first-order valence-corrected chi connectivity index (χ1v) is 5.86. The molecule has 0 spiro atoms. The minimum absolute atomic E-state index is 0.178. The molecule has 1 amide bonds. The van der Waals surface area contributed by atoms with E-state index in [-0.39, 0.29) is 6.54 Å². The normalized spacial score (nSPS) is 28.1. The average Bonchev–Trinajstić information content (AvgIpc) is 2.40. The Morgan fingerprint density at radius 1 is 1.44 bits per heavy atom. The summed E-state index contributed by atoms with van der Waals surface area (Å²) >= 11 is 0. The monoisotopic (exact) mass is 251 g/mol. The number of hydrogen-bond acceptors (Lipinski definition) is 3. The standard InChI is InChI=1S/C13H17NO4/c1-18-11-9-14(12(15)16)8-7-13(11,17)10-5-3-2-4-6-10/h2-6,11,17H,7-9H2,1H3,(H,15,16)/t11-,13-/m1/s1. The van der Waals surface area contributed by atoms with Gasteiger partial charge in [0.05, 0.1) is 6.54 Å². The summed E-state index contributed by atoms with van der Waals surface area (Å²) in [5.74, 6) is 0. The molecule has 1 aliphatic rings. The van der Waals surface area contributed by atoms with Crippen LogP contribution in [0.4, 0.5) is 4.79 Å². The minimum Gasteiger partial charge on any atom is -0.465 e. The lowest BCUT2D eigenvalue weighted by atomic mass is 9.82. The summed E-state index contributed by atoms with van der Waals surface area (Å²) in [6.07, 6.45) is -1.20. The van der Waals surface area contributed by atoms with Crippen LogP contribution >= 0.6 is 0 Å². The van der Waals surface area contributed by atoms with E-state index in [1.54, 1.807) is 0 Å². The van der Waals surface area contributed by atoms with Crippen molar-refractivity contribution < 1.29 is 19.7 Å². The average molecular weight is 251 g/mol. The van der Waals surface area contributed by atoms with Gasteiger partial charge in [0.15, 0.2) is 0 Å². The Morgan fingerprint density at radius 3 is 2.67 bits per heavy atom. The zero-order valence-electron chi connectivity index (χ0n) is 10.2. The molecule has 1 aliphatic heterocycles. The van der Waals surface area contributed by atoms with E-state index in [4.69, 9.17) is 9.84 Å². The van der Waals surface area contributed by atoms with Gasteiger partial charge in [0.1, 0.15) is 11.7 Å². The number of benzene rings is 1. The predicted molar refractivity (Wildman–Crippen MR) is 65.4 cm³/mol. The third-order valence-electron chi connectivity index (χ3n) is 3.51. The molecule has 98 valence electrons. The molecular formula is C13H17NO4. The molecule has 2 atom stereocenters. The Labute approximate surface area is 106 Å². The quantitative estimate of drug-likeness (QED) is 0.830. The Hall–Kier alpha value is -1.59. The first-order chi connectivity index (χ1) is 8.58. The summed E-state index contributed by atoms with van der Waals surface area (Å²) in [7, 11) is 1.49. The first-order valence-electron chi connectivity index (χ1n) is 5.86. The van der Waals surface area contributed by atoms with Gasteiger partial charge >= 0.3 is 6.09 Å². The molecule has 1 saturated heterocycles. The molecule has 2 N–H and O–H groups in total. The van der Waals surface area contributed by atoms with Crippen LogP contribution in [0.3, 0.4) is 0 Å². The Bertz CT molecular complexity index is 422. The van der Waals surface area contributed by atoms with E-state index in [1.807, 2.05) is 30.3 Å². The number of nitrogens with zero attached hydrogens (tertiary/aromatic N) is 1. The van der Waals surface area contributed by atoms with Crippen molar-refractivity contribution in [3.05, 3.63) is 35.9 Å². The van der Waals surface area contributed by atoms with Crippen molar-refractivity contribution in [2.75, 3.05) is 20.2 Å². The van der Waals surface area contributed by atoms with E-state index >= 15 is 0 Å². The molecule has 5 heteroatoms. The van der Waals surface area contributed by atoms with Gasteiger partial charge in [-0.2, -0.15) is 0 Å². The van der Waals surface area contributed by atoms with E-state index in [0.29, 0.717) is 13.0 Å². The zero-order chi connectivity index (χ0) is 13.2. The molecule has 1 aromatic carbocycles. The summed E-state index contributed by atoms with van der Waals surface area (Å²) in [6.45, 7) is 0.484. The van der Waals surface area contributed by atoms with Gasteiger partial charge in [-0.05, 0) is 5.56 Å². The van der Waals surface area contributed by atoms with Crippen LogP contribution in [-0.2, 0) is 10.3 Å². The molecule has 2 rings (SSSR count). The van der Waals surface area contributed by atoms with E-state index < -0.39 is 17.8 Å². The van der Waals surface area contributed by atoms with Crippen molar-refractivity contribution in [2.45, 2.75) is 18.1 Å². The number of hydrogen-bond donors (Lipinski definition) is 2. The second-order valence-corrected chi connectivity index (χ2v) is 4.49. The topological polar surface area (TPSA) is 70.0 Å². The van der Waals surface area contributed by atoms with Gasteiger partial charge in [0.2, 0.25) is 0 Å². The van der Waals surface area contributed by atoms with Gasteiger partial charge in [-0.25, -0.2) is 4.79 Å². The highest BCUT2D eigenvalue weighted by molar-refractivity contribution is 5.65. The third-order valence-corrected chi connectivity index (χ3v) is 3.51. The largest absolute Gasteiger partial charge is 0.465 e.